The summed E-state index contributed by atoms with van der Waals surface area (Å²) in [6.07, 6.45) is 15.9. The Morgan fingerprint density at radius 2 is 1.44 bits per heavy atom. The standard InChI is InChI=1S/C54H75NO6/c1-37(2)12-11-13-38(3)48-26-27-49-47-25-20-42-36-46(28-32-52(42,4)50(47)29-33-53(48,49)5)61-51(57)55-34-30-43(56)31-35-60-54(39-14-9-8-10-15-39,40-16-21-44(58-6)22-17-40)41-18-23-45(59-7)24-19-41/h8-10,14-24,37-38,43,46-50,56H,11-13,25-36H2,1-7H3,(H,55,57)/t38-,43?,46+,47?,48-,49?,50?,52+,53-/m1/s1. The van der Waals surface area contributed by atoms with Crippen LogP contribution in [0.25, 0.3) is 0 Å². The fraction of sp³-hybridized carbons (Fsp3) is 0.611. The van der Waals surface area contributed by atoms with E-state index in [1.54, 1.807) is 14.2 Å². The molecular formula is C54H75NO6. The minimum absolute atomic E-state index is 0.104. The van der Waals surface area contributed by atoms with Crippen molar-refractivity contribution >= 4 is 6.09 Å². The van der Waals surface area contributed by atoms with Crippen molar-refractivity contribution in [1.82, 2.24) is 5.32 Å². The molecule has 2 N–H and O–H groups in total. The smallest absolute Gasteiger partial charge is 0.407 e. The molecule has 0 spiro atoms. The lowest BCUT2D eigenvalue weighted by atomic mass is 9.47. The number of carbonyl (C=O) groups is 1. The SMILES string of the molecule is COc1ccc(C(OCCC(O)CCNC(=O)O[C@H]2CC[C@@]3(C)C(=CCC4C3CC[C@@]3(C)C4CC[C@@H]3[C@H](C)CCCC(C)C)C2)(c2ccccc2)c2ccc(OC)cc2)cc1. The van der Waals surface area contributed by atoms with Crippen LogP contribution in [0.3, 0.4) is 0 Å². The van der Waals surface area contributed by atoms with Crippen LogP contribution in [0.15, 0.2) is 90.5 Å². The summed E-state index contributed by atoms with van der Waals surface area (Å²) < 4.78 is 23.9. The molecule has 0 aromatic heterocycles. The Balaban J connectivity index is 0.909. The molecule has 0 saturated heterocycles. The first-order chi connectivity index (χ1) is 29.4. The van der Waals surface area contributed by atoms with Crippen LogP contribution >= 0.6 is 0 Å². The van der Waals surface area contributed by atoms with Gasteiger partial charge in [0, 0.05) is 13.0 Å². The van der Waals surface area contributed by atoms with E-state index in [0.717, 1.165) is 83.0 Å². The number of hydrogen-bond donors (Lipinski definition) is 2. The lowest BCUT2D eigenvalue weighted by Gasteiger charge is -2.58. The number of ether oxygens (including phenoxy) is 4. The molecule has 0 aliphatic heterocycles. The maximum Gasteiger partial charge on any atom is 0.407 e. The van der Waals surface area contributed by atoms with Crippen LogP contribution < -0.4 is 14.8 Å². The predicted molar refractivity (Wildman–Crippen MR) is 245 cm³/mol. The largest absolute Gasteiger partial charge is 0.497 e. The highest BCUT2D eigenvalue weighted by Crippen LogP contribution is 2.67. The highest BCUT2D eigenvalue weighted by molar-refractivity contribution is 5.67. The van der Waals surface area contributed by atoms with Gasteiger partial charge < -0.3 is 29.4 Å². The van der Waals surface area contributed by atoms with Gasteiger partial charge in [0.25, 0.3) is 0 Å². The van der Waals surface area contributed by atoms with E-state index in [-0.39, 0.29) is 24.2 Å². The van der Waals surface area contributed by atoms with Gasteiger partial charge in [0.2, 0.25) is 0 Å². The molecule has 4 aliphatic rings. The van der Waals surface area contributed by atoms with E-state index in [2.05, 4.69) is 58.1 Å². The number of hydrogen-bond acceptors (Lipinski definition) is 6. The van der Waals surface area contributed by atoms with Gasteiger partial charge in [-0.25, -0.2) is 4.79 Å². The van der Waals surface area contributed by atoms with Gasteiger partial charge in [-0.15, -0.1) is 0 Å². The van der Waals surface area contributed by atoms with Crippen LogP contribution in [0.1, 0.15) is 135 Å². The topological polar surface area (TPSA) is 86.2 Å². The number of aliphatic hydroxyl groups is 1. The number of carbonyl (C=O) groups excluding carboxylic acids is 1. The van der Waals surface area contributed by atoms with Crippen molar-refractivity contribution in [3.05, 3.63) is 107 Å². The third-order valence-electron chi connectivity index (χ3n) is 16.2. The van der Waals surface area contributed by atoms with Crippen LogP contribution in [0.5, 0.6) is 11.5 Å². The number of methoxy groups -OCH3 is 2. The summed E-state index contributed by atoms with van der Waals surface area (Å²) in [5.41, 5.74) is 4.14. The van der Waals surface area contributed by atoms with E-state index in [9.17, 15) is 9.90 Å². The molecular weight excluding hydrogens is 759 g/mol. The van der Waals surface area contributed by atoms with Crippen LogP contribution in [-0.2, 0) is 15.1 Å². The fourth-order valence-corrected chi connectivity index (χ4v) is 12.9. The predicted octanol–water partition coefficient (Wildman–Crippen LogP) is 12.3. The minimum atomic E-state index is -0.950. The molecule has 0 heterocycles. The van der Waals surface area contributed by atoms with Crippen LogP contribution in [0.4, 0.5) is 4.79 Å². The molecule has 7 heteroatoms. The van der Waals surface area contributed by atoms with E-state index in [1.165, 1.54) is 56.9 Å². The van der Waals surface area contributed by atoms with Crippen molar-refractivity contribution in [3.63, 3.8) is 0 Å². The Bertz CT molecular complexity index is 1840. The molecule has 0 radical (unpaired) electrons. The average Bonchev–Trinajstić information content (AvgIpc) is 3.63. The minimum Gasteiger partial charge on any atom is -0.497 e. The van der Waals surface area contributed by atoms with E-state index < -0.39 is 11.7 Å². The third kappa shape index (κ3) is 9.59. The molecule has 61 heavy (non-hydrogen) atoms. The summed E-state index contributed by atoms with van der Waals surface area (Å²) in [6.45, 7) is 13.1. The number of alkyl carbamates (subject to hydrolysis) is 1. The molecule has 332 valence electrons. The first-order valence-corrected chi connectivity index (χ1v) is 23.7. The number of aliphatic hydroxyl groups excluding tert-OH is 1. The van der Waals surface area contributed by atoms with Crippen molar-refractivity contribution in [1.29, 1.82) is 0 Å². The van der Waals surface area contributed by atoms with Gasteiger partial charge >= 0.3 is 6.09 Å². The van der Waals surface area contributed by atoms with E-state index in [1.807, 2.05) is 66.7 Å². The second kappa shape index (κ2) is 19.7. The van der Waals surface area contributed by atoms with Crippen LogP contribution in [0, 0.1) is 46.3 Å². The molecule has 7 nitrogen and oxygen atoms in total. The number of rotatable bonds is 18. The molecule has 3 aromatic rings. The first kappa shape index (κ1) is 45.2. The molecule has 0 bridgehead atoms. The molecule has 3 fully saturated rings. The van der Waals surface area contributed by atoms with Gasteiger partial charge in [-0.3, -0.25) is 0 Å². The summed E-state index contributed by atoms with van der Waals surface area (Å²) in [4.78, 5) is 13.1. The molecule has 7 rings (SSSR count). The molecule has 4 aliphatic carbocycles. The van der Waals surface area contributed by atoms with Gasteiger partial charge in [-0.2, -0.15) is 0 Å². The Kier molecular flexibility index (Phi) is 14.6. The monoisotopic (exact) mass is 834 g/mol. The summed E-state index contributed by atoms with van der Waals surface area (Å²) in [5.74, 6) is 6.39. The Hall–Kier alpha value is -3.81. The van der Waals surface area contributed by atoms with Gasteiger partial charge in [-0.05, 0) is 145 Å². The van der Waals surface area contributed by atoms with Crippen molar-refractivity contribution in [2.75, 3.05) is 27.4 Å². The Labute approximate surface area is 367 Å². The number of benzene rings is 3. The van der Waals surface area contributed by atoms with E-state index >= 15 is 0 Å². The zero-order valence-corrected chi connectivity index (χ0v) is 38.3. The first-order valence-electron chi connectivity index (χ1n) is 23.7. The lowest BCUT2D eigenvalue weighted by Crippen LogP contribution is -2.51. The lowest BCUT2D eigenvalue weighted by molar-refractivity contribution is -0.0581. The molecule has 3 saturated carbocycles. The summed E-state index contributed by atoms with van der Waals surface area (Å²) in [7, 11) is 3.32. The van der Waals surface area contributed by atoms with Crippen molar-refractivity contribution in [2.24, 2.45) is 46.3 Å². The zero-order chi connectivity index (χ0) is 43.2. The molecule has 1 amide bonds. The summed E-state index contributed by atoms with van der Waals surface area (Å²) in [5, 5.41) is 14.1. The van der Waals surface area contributed by atoms with Crippen molar-refractivity contribution < 1.29 is 28.8 Å². The molecule has 9 atom stereocenters. The Morgan fingerprint density at radius 3 is 2.08 bits per heavy atom. The number of nitrogens with one attached hydrogen (secondary N) is 1. The van der Waals surface area contributed by atoms with Gasteiger partial charge in [0.05, 0.1) is 26.9 Å². The van der Waals surface area contributed by atoms with E-state index in [0.29, 0.717) is 24.8 Å². The van der Waals surface area contributed by atoms with Gasteiger partial charge in [-0.1, -0.05) is 120 Å². The second-order valence-corrected chi connectivity index (χ2v) is 20.1. The van der Waals surface area contributed by atoms with Gasteiger partial charge in [0.15, 0.2) is 0 Å². The number of amides is 1. The fourth-order valence-electron chi connectivity index (χ4n) is 12.9. The normalized spacial score (nSPS) is 28.1. The number of allylic oxidation sites excluding steroid dienone is 1. The summed E-state index contributed by atoms with van der Waals surface area (Å²) >= 11 is 0. The highest BCUT2D eigenvalue weighted by atomic mass is 16.6. The van der Waals surface area contributed by atoms with Crippen LogP contribution in [0.2, 0.25) is 0 Å². The van der Waals surface area contributed by atoms with Crippen molar-refractivity contribution in [3.8, 4) is 11.5 Å². The molecule has 3 aromatic carbocycles. The zero-order valence-electron chi connectivity index (χ0n) is 38.3. The second-order valence-electron chi connectivity index (χ2n) is 20.1. The van der Waals surface area contributed by atoms with E-state index in [4.69, 9.17) is 18.9 Å². The third-order valence-corrected chi connectivity index (χ3v) is 16.2. The number of fused-ring (bicyclic) bond motifs is 5. The summed E-state index contributed by atoms with van der Waals surface area (Å²) in [6, 6.07) is 26.1. The van der Waals surface area contributed by atoms with Crippen molar-refractivity contribution in [2.45, 2.75) is 136 Å². The quantitative estimate of drug-likeness (QED) is 0.0981. The average molecular weight is 834 g/mol. The Morgan fingerprint density at radius 1 is 0.787 bits per heavy atom. The maximum atomic E-state index is 13.1. The van der Waals surface area contributed by atoms with Gasteiger partial charge in [0.1, 0.15) is 23.2 Å². The highest BCUT2D eigenvalue weighted by Gasteiger charge is 2.59. The van der Waals surface area contributed by atoms with Crippen LogP contribution in [-0.4, -0.2) is 50.8 Å². The maximum absolute atomic E-state index is 13.1. The molecule has 4 unspecified atom stereocenters.